The summed E-state index contributed by atoms with van der Waals surface area (Å²) in [5.74, 6) is -2.72. The number of alkyl halides is 2. The Kier molecular flexibility index (Phi) is 7.16. The molecular weight excluding hydrogens is 524 g/mol. The highest BCUT2D eigenvalue weighted by atomic mass is 35.5. The maximum Gasteiger partial charge on any atom is 0.253 e. The number of pyridine rings is 1. The zero-order chi connectivity index (χ0) is 27.1. The molecule has 2 saturated heterocycles. The summed E-state index contributed by atoms with van der Waals surface area (Å²) >= 11 is 6.21. The first-order valence-corrected chi connectivity index (χ1v) is 14.1. The van der Waals surface area contributed by atoms with Gasteiger partial charge in [0.15, 0.2) is 0 Å². The maximum atomic E-state index is 13.9. The SMILES string of the molecule is O=CC(c1cc2cc(C(=O)N3CCN(C4CCC4)CC3)ccc2n1-c1ccnc(Cl)c1)N1CCC(F)(F)CC1. The van der Waals surface area contributed by atoms with Crippen LogP contribution in [-0.2, 0) is 4.79 Å². The second-order valence-corrected chi connectivity index (χ2v) is 11.3. The molecule has 3 aromatic rings. The average molecular weight is 556 g/mol. The Balaban J connectivity index is 1.33. The molecule has 206 valence electrons. The minimum absolute atomic E-state index is 0.00313. The van der Waals surface area contributed by atoms with Crippen molar-refractivity contribution in [3.8, 4) is 5.69 Å². The predicted octanol–water partition coefficient (Wildman–Crippen LogP) is 4.96. The summed E-state index contributed by atoms with van der Waals surface area (Å²) in [5, 5.41) is 1.10. The van der Waals surface area contributed by atoms with Gasteiger partial charge in [-0.1, -0.05) is 18.0 Å². The van der Waals surface area contributed by atoms with Crippen molar-refractivity contribution in [1.82, 2.24) is 24.3 Å². The third kappa shape index (κ3) is 5.19. The van der Waals surface area contributed by atoms with Crippen molar-refractivity contribution >= 4 is 34.7 Å². The molecule has 3 fully saturated rings. The number of amides is 1. The van der Waals surface area contributed by atoms with Crippen LogP contribution in [0.1, 0.15) is 54.2 Å². The van der Waals surface area contributed by atoms with E-state index >= 15 is 0 Å². The van der Waals surface area contributed by atoms with Gasteiger partial charge >= 0.3 is 0 Å². The summed E-state index contributed by atoms with van der Waals surface area (Å²) in [6.45, 7) is 3.46. The van der Waals surface area contributed by atoms with Crippen molar-refractivity contribution in [3.05, 3.63) is 59.0 Å². The quantitative estimate of drug-likeness (QED) is 0.318. The van der Waals surface area contributed by atoms with E-state index in [1.54, 1.807) is 23.2 Å². The van der Waals surface area contributed by atoms with Crippen LogP contribution >= 0.6 is 11.6 Å². The van der Waals surface area contributed by atoms with Gasteiger partial charge in [0.2, 0.25) is 0 Å². The van der Waals surface area contributed by atoms with Crippen LogP contribution in [0.4, 0.5) is 8.78 Å². The first kappa shape index (κ1) is 26.3. The van der Waals surface area contributed by atoms with Crippen LogP contribution in [0.15, 0.2) is 42.6 Å². The molecule has 10 heteroatoms. The van der Waals surface area contributed by atoms with Crippen molar-refractivity contribution < 1.29 is 18.4 Å². The number of hydrogen-bond acceptors (Lipinski definition) is 5. The lowest BCUT2D eigenvalue weighted by atomic mass is 9.91. The Hall–Kier alpha value is -2.88. The lowest BCUT2D eigenvalue weighted by Gasteiger charge is -2.42. The van der Waals surface area contributed by atoms with Crippen molar-refractivity contribution in [2.75, 3.05) is 39.3 Å². The van der Waals surface area contributed by atoms with Crippen LogP contribution in [0, 0.1) is 0 Å². The summed E-state index contributed by atoms with van der Waals surface area (Å²) in [7, 11) is 0. The van der Waals surface area contributed by atoms with E-state index in [4.69, 9.17) is 11.6 Å². The molecule has 0 spiro atoms. The monoisotopic (exact) mass is 555 g/mol. The number of rotatable bonds is 6. The van der Waals surface area contributed by atoms with Gasteiger partial charge in [-0.25, -0.2) is 13.8 Å². The smallest absolute Gasteiger partial charge is 0.253 e. The summed E-state index contributed by atoms with van der Waals surface area (Å²) < 4.78 is 29.7. The number of carbonyl (C=O) groups excluding carboxylic acids is 2. The van der Waals surface area contributed by atoms with Gasteiger partial charge in [-0.15, -0.1) is 0 Å². The molecule has 39 heavy (non-hydrogen) atoms. The second kappa shape index (κ2) is 10.6. The average Bonchev–Trinajstić information content (AvgIpc) is 3.27. The molecule has 1 unspecified atom stereocenters. The standard InChI is InChI=1S/C29H32ClF2N5O2/c30-27-18-23(6-9-33-27)37-24-5-4-20(28(39)36-14-12-34(13-15-36)22-2-1-3-22)16-21(24)17-25(37)26(19-38)35-10-7-29(31,32)8-11-35/h4-6,9,16-19,22,26H,1-3,7-8,10-15H2. The minimum atomic E-state index is -2.71. The third-order valence-corrected chi connectivity index (χ3v) is 8.80. The van der Waals surface area contributed by atoms with Gasteiger partial charge in [0, 0.05) is 81.0 Å². The number of hydrogen-bond donors (Lipinski definition) is 0. The van der Waals surface area contributed by atoms with Gasteiger partial charge in [-0.05, 0) is 49.2 Å². The summed E-state index contributed by atoms with van der Waals surface area (Å²) in [6, 6.07) is 10.9. The van der Waals surface area contributed by atoms with Gasteiger partial charge in [0.1, 0.15) is 17.5 Å². The van der Waals surface area contributed by atoms with Crippen LogP contribution in [0.25, 0.3) is 16.6 Å². The van der Waals surface area contributed by atoms with E-state index < -0.39 is 12.0 Å². The zero-order valence-electron chi connectivity index (χ0n) is 21.7. The number of halogens is 3. The van der Waals surface area contributed by atoms with Crippen LogP contribution in [-0.4, -0.2) is 87.7 Å². The fraction of sp³-hybridized carbons (Fsp3) is 0.483. The molecule has 1 amide bonds. The zero-order valence-corrected chi connectivity index (χ0v) is 22.5. The highest BCUT2D eigenvalue weighted by molar-refractivity contribution is 6.29. The van der Waals surface area contributed by atoms with Crippen molar-refractivity contribution in [1.29, 1.82) is 0 Å². The van der Waals surface area contributed by atoms with Gasteiger partial charge in [0.05, 0.1) is 11.2 Å². The second-order valence-electron chi connectivity index (χ2n) is 10.9. The molecule has 4 heterocycles. The number of fused-ring (bicyclic) bond motifs is 1. The molecule has 1 aliphatic carbocycles. The highest BCUT2D eigenvalue weighted by Crippen LogP contribution is 2.36. The van der Waals surface area contributed by atoms with Crippen LogP contribution < -0.4 is 0 Å². The molecule has 3 aliphatic rings. The largest absolute Gasteiger partial charge is 0.336 e. The molecule has 0 bridgehead atoms. The number of aldehydes is 1. The van der Waals surface area contributed by atoms with Gasteiger partial charge < -0.3 is 14.3 Å². The molecule has 1 saturated carbocycles. The molecule has 2 aliphatic heterocycles. The van der Waals surface area contributed by atoms with E-state index in [0.29, 0.717) is 41.2 Å². The van der Waals surface area contributed by atoms with E-state index in [0.717, 1.165) is 30.3 Å². The normalized spacial score (nSPS) is 21.6. The number of nitrogens with zero attached hydrogens (tertiary/aromatic N) is 5. The Labute approximate surface area is 231 Å². The number of likely N-dealkylation sites (tertiary alicyclic amines) is 1. The Bertz CT molecular complexity index is 1370. The summed E-state index contributed by atoms with van der Waals surface area (Å²) in [4.78, 5) is 36.2. The fourth-order valence-electron chi connectivity index (χ4n) is 6.10. The number of piperazine rings is 1. The Morgan fingerprint density at radius 3 is 2.41 bits per heavy atom. The minimum Gasteiger partial charge on any atom is -0.336 e. The maximum absolute atomic E-state index is 13.9. The van der Waals surface area contributed by atoms with Crippen molar-refractivity contribution in [2.24, 2.45) is 0 Å². The van der Waals surface area contributed by atoms with E-state index in [-0.39, 0.29) is 31.8 Å². The number of benzene rings is 1. The first-order chi connectivity index (χ1) is 18.8. The molecule has 7 nitrogen and oxygen atoms in total. The van der Waals surface area contributed by atoms with Crippen LogP contribution in [0.2, 0.25) is 5.15 Å². The van der Waals surface area contributed by atoms with Gasteiger partial charge in [-0.3, -0.25) is 14.6 Å². The van der Waals surface area contributed by atoms with E-state index in [9.17, 15) is 18.4 Å². The fourth-order valence-corrected chi connectivity index (χ4v) is 6.27. The molecule has 2 aromatic heterocycles. The third-order valence-electron chi connectivity index (χ3n) is 8.59. The highest BCUT2D eigenvalue weighted by Gasteiger charge is 2.37. The topological polar surface area (TPSA) is 61.7 Å². The molecule has 0 N–H and O–H groups in total. The van der Waals surface area contributed by atoms with Crippen LogP contribution in [0.5, 0.6) is 0 Å². The number of piperidine rings is 1. The van der Waals surface area contributed by atoms with E-state index in [1.165, 1.54) is 19.3 Å². The summed E-state index contributed by atoms with van der Waals surface area (Å²) in [5.41, 5.74) is 2.75. The van der Waals surface area contributed by atoms with Gasteiger partial charge in [0.25, 0.3) is 11.8 Å². The molecular formula is C29H32ClF2N5O2. The summed E-state index contributed by atoms with van der Waals surface area (Å²) in [6.07, 6.45) is 5.64. The molecule has 1 atom stereocenters. The molecule has 6 rings (SSSR count). The Morgan fingerprint density at radius 2 is 1.77 bits per heavy atom. The molecule has 0 radical (unpaired) electrons. The van der Waals surface area contributed by atoms with Crippen molar-refractivity contribution in [2.45, 2.75) is 50.1 Å². The lowest BCUT2D eigenvalue weighted by molar-refractivity contribution is -0.116. The van der Waals surface area contributed by atoms with Crippen molar-refractivity contribution in [3.63, 3.8) is 0 Å². The lowest BCUT2D eigenvalue weighted by Crippen LogP contribution is -2.53. The first-order valence-electron chi connectivity index (χ1n) is 13.7. The van der Waals surface area contributed by atoms with E-state index in [2.05, 4.69) is 9.88 Å². The molecule has 1 aromatic carbocycles. The van der Waals surface area contributed by atoms with E-state index in [1.807, 2.05) is 33.7 Å². The van der Waals surface area contributed by atoms with Gasteiger partial charge in [-0.2, -0.15) is 0 Å². The Morgan fingerprint density at radius 1 is 1.03 bits per heavy atom. The number of carbonyl (C=O) groups is 2. The van der Waals surface area contributed by atoms with Crippen LogP contribution in [0.3, 0.4) is 0 Å². The predicted molar refractivity (Wildman–Crippen MR) is 146 cm³/mol. The number of aromatic nitrogens is 2.